The maximum absolute atomic E-state index is 10.4. The molecule has 0 N–H and O–H groups in total. The van der Waals surface area contributed by atoms with Crippen LogP contribution in [-0.4, -0.2) is 30.3 Å². The van der Waals surface area contributed by atoms with E-state index in [-0.39, 0.29) is 12.0 Å². The molecule has 1 aliphatic heterocycles. The number of carbonyl (C=O) groups is 1. The molecule has 1 fully saturated rings. The third-order valence-electron chi connectivity index (χ3n) is 2.50. The summed E-state index contributed by atoms with van der Waals surface area (Å²) in [6.07, 6.45) is 2.86. The van der Waals surface area contributed by atoms with E-state index in [0.29, 0.717) is 0 Å². The fourth-order valence-corrected chi connectivity index (χ4v) is 1.52. The molecular weight excluding hydrogens is 152 g/mol. The van der Waals surface area contributed by atoms with Crippen LogP contribution in [0, 0.1) is 17.2 Å². The Hall–Kier alpha value is -0.880. The molecule has 0 aromatic carbocycles. The average Bonchev–Trinajstić information content (AvgIpc) is 2.17. The van der Waals surface area contributed by atoms with Gasteiger partial charge in [0.2, 0.25) is 0 Å². The smallest absolute Gasteiger partial charge is 0.123 e. The summed E-state index contributed by atoms with van der Waals surface area (Å²) in [4.78, 5) is 12.5. The first-order chi connectivity index (χ1) is 5.77. The highest BCUT2D eigenvalue weighted by Gasteiger charge is 2.21. The van der Waals surface area contributed by atoms with E-state index in [9.17, 15) is 4.79 Å². The fourth-order valence-electron chi connectivity index (χ4n) is 1.52. The third-order valence-corrected chi connectivity index (χ3v) is 2.50. The number of rotatable bonds is 2. The maximum atomic E-state index is 10.4. The Morgan fingerprint density at radius 1 is 1.58 bits per heavy atom. The van der Waals surface area contributed by atoms with Crippen LogP contribution in [-0.2, 0) is 4.79 Å². The number of aldehydes is 1. The second-order valence-corrected chi connectivity index (χ2v) is 3.31. The van der Waals surface area contributed by atoms with E-state index in [1.54, 1.807) is 0 Å². The second-order valence-electron chi connectivity index (χ2n) is 3.31. The van der Waals surface area contributed by atoms with Crippen molar-refractivity contribution in [1.82, 2.24) is 4.90 Å². The molecule has 1 rings (SSSR count). The molecule has 0 aliphatic carbocycles. The van der Waals surface area contributed by atoms with Crippen LogP contribution in [0.25, 0.3) is 0 Å². The van der Waals surface area contributed by atoms with Gasteiger partial charge in [0.1, 0.15) is 6.29 Å². The van der Waals surface area contributed by atoms with Gasteiger partial charge in [-0.3, -0.25) is 4.90 Å². The van der Waals surface area contributed by atoms with Gasteiger partial charge in [-0.25, -0.2) is 0 Å². The molecule has 1 heterocycles. The lowest BCUT2D eigenvalue weighted by molar-refractivity contribution is -0.112. The van der Waals surface area contributed by atoms with Crippen molar-refractivity contribution in [3.05, 3.63) is 0 Å². The highest BCUT2D eigenvalue weighted by atomic mass is 16.1. The van der Waals surface area contributed by atoms with E-state index in [1.807, 2.05) is 6.92 Å². The van der Waals surface area contributed by atoms with Crippen LogP contribution in [0.3, 0.4) is 0 Å². The van der Waals surface area contributed by atoms with E-state index in [4.69, 9.17) is 5.26 Å². The number of hydrogen-bond donors (Lipinski definition) is 0. The largest absolute Gasteiger partial charge is 0.303 e. The topological polar surface area (TPSA) is 44.1 Å². The molecule has 0 radical (unpaired) electrons. The lowest BCUT2D eigenvalue weighted by Gasteiger charge is -2.30. The first kappa shape index (κ1) is 9.21. The molecule has 0 amide bonds. The summed E-state index contributed by atoms with van der Waals surface area (Å²) in [5.41, 5.74) is 0. The normalized spacial score (nSPS) is 23.0. The van der Waals surface area contributed by atoms with Gasteiger partial charge in [-0.1, -0.05) is 0 Å². The van der Waals surface area contributed by atoms with Crippen molar-refractivity contribution in [3.8, 4) is 6.07 Å². The summed E-state index contributed by atoms with van der Waals surface area (Å²) >= 11 is 0. The van der Waals surface area contributed by atoms with Gasteiger partial charge in [0.25, 0.3) is 0 Å². The SMILES string of the molecule is CC(C#N)N1CCC(C=O)CC1. The molecule has 3 nitrogen and oxygen atoms in total. The molecule has 66 valence electrons. The van der Waals surface area contributed by atoms with Gasteiger partial charge in [0, 0.05) is 19.0 Å². The molecule has 12 heavy (non-hydrogen) atoms. The van der Waals surface area contributed by atoms with E-state index in [1.165, 1.54) is 0 Å². The third kappa shape index (κ3) is 2.05. The minimum absolute atomic E-state index is 0.00222. The predicted molar refractivity (Wildman–Crippen MR) is 45.4 cm³/mol. The standard InChI is InChI=1S/C9H14N2O/c1-8(6-10)11-4-2-9(7-12)3-5-11/h7-9H,2-5H2,1H3. The van der Waals surface area contributed by atoms with Gasteiger partial charge in [0.05, 0.1) is 12.1 Å². The van der Waals surface area contributed by atoms with Crippen LogP contribution in [0.4, 0.5) is 0 Å². The summed E-state index contributed by atoms with van der Waals surface area (Å²) in [5.74, 6) is 0.229. The lowest BCUT2D eigenvalue weighted by atomic mass is 9.98. The molecule has 0 aromatic heterocycles. The summed E-state index contributed by atoms with van der Waals surface area (Å²) in [6, 6.07) is 2.20. The predicted octanol–water partition coefficient (Wildman–Crippen LogP) is 0.809. The van der Waals surface area contributed by atoms with Crippen molar-refractivity contribution in [3.63, 3.8) is 0 Å². The van der Waals surface area contributed by atoms with Gasteiger partial charge in [0.15, 0.2) is 0 Å². The van der Waals surface area contributed by atoms with Crippen molar-refractivity contribution in [2.75, 3.05) is 13.1 Å². The molecule has 0 bridgehead atoms. The van der Waals surface area contributed by atoms with Crippen LogP contribution >= 0.6 is 0 Å². The summed E-state index contributed by atoms with van der Waals surface area (Å²) < 4.78 is 0. The zero-order chi connectivity index (χ0) is 8.97. The van der Waals surface area contributed by atoms with Crippen LogP contribution in [0.2, 0.25) is 0 Å². The minimum Gasteiger partial charge on any atom is -0.303 e. The molecule has 3 heteroatoms. The van der Waals surface area contributed by atoms with Crippen molar-refractivity contribution < 1.29 is 4.79 Å². The van der Waals surface area contributed by atoms with Crippen molar-refractivity contribution in [2.45, 2.75) is 25.8 Å². The second kappa shape index (κ2) is 4.22. The van der Waals surface area contributed by atoms with Crippen LogP contribution in [0.1, 0.15) is 19.8 Å². The van der Waals surface area contributed by atoms with Gasteiger partial charge in [-0.05, 0) is 19.8 Å². The average molecular weight is 166 g/mol. The monoisotopic (exact) mass is 166 g/mol. The Morgan fingerprint density at radius 2 is 2.17 bits per heavy atom. The minimum atomic E-state index is -0.00222. The van der Waals surface area contributed by atoms with Crippen LogP contribution < -0.4 is 0 Å². The Kier molecular flexibility index (Phi) is 3.24. The number of carbonyl (C=O) groups excluding carboxylic acids is 1. The van der Waals surface area contributed by atoms with Gasteiger partial charge < -0.3 is 4.79 Å². The van der Waals surface area contributed by atoms with E-state index in [2.05, 4.69) is 11.0 Å². The summed E-state index contributed by atoms with van der Waals surface area (Å²) in [5, 5.41) is 8.65. The van der Waals surface area contributed by atoms with E-state index >= 15 is 0 Å². The number of piperidine rings is 1. The van der Waals surface area contributed by atoms with Crippen molar-refractivity contribution in [1.29, 1.82) is 5.26 Å². The molecule has 1 aliphatic rings. The van der Waals surface area contributed by atoms with E-state index in [0.717, 1.165) is 32.2 Å². The van der Waals surface area contributed by atoms with Crippen molar-refractivity contribution in [2.24, 2.45) is 5.92 Å². The van der Waals surface area contributed by atoms with Gasteiger partial charge in [-0.15, -0.1) is 0 Å². The Morgan fingerprint density at radius 3 is 2.58 bits per heavy atom. The van der Waals surface area contributed by atoms with E-state index < -0.39 is 0 Å². The first-order valence-corrected chi connectivity index (χ1v) is 4.37. The zero-order valence-corrected chi connectivity index (χ0v) is 7.36. The number of nitriles is 1. The van der Waals surface area contributed by atoms with Gasteiger partial charge >= 0.3 is 0 Å². The fraction of sp³-hybridized carbons (Fsp3) is 0.778. The maximum Gasteiger partial charge on any atom is 0.123 e. The van der Waals surface area contributed by atoms with Crippen LogP contribution in [0.15, 0.2) is 0 Å². The molecule has 0 spiro atoms. The Balaban J connectivity index is 2.36. The molecule has 1 atom stereocenters. The Bertz CT molecular complexity index is 189. The lowest BCUT2D eigenvalue weighted by Crippen LogP contribution is -2.39. The molecule has 1 saturated heterocycles. The molecule has 1 unspecified atom stereocenters. The van der Waals surface area contributed by atoms with Gasteiger partial charge in [-0.2, -0.15) is 5.26 Å². The molecular formula is C9H14N2O. The summed E-state index contributed by atoms with van der Waals surface area (Å²) in [7, 11) is 0. The highest BCUT2D eigenvalue weighted by Crippen LogP contribution is 2.16. The van der Waals surface area contributed by atoms with Crippen molar-refractivity contribution >= 4 is 6.29 Å². The van der Waals surface area contributed by atoms with Crippen LogP contribution in [0.5, 0.6) is 0 Å². The first-order valence-electron chi connectivity index (χ1n) is 4.37. The summed E-state index contributed by atoms with van der Waals surface area (Å²) in [6.45, 7) is 3.68. The molecule has 0 saturated carbocycles. The number of likely N-dealkylation sites (tertiary alicyclic amines) is 1. The molecule has 0 aromatic rings. The quantitative estimate of drug-likeness (QED) is 0.570. The Labute approximate surface area is 73.0 Å². The zero-order valence-electron chi connectivity index (χ0n) is 7.36. The number of hydrogen-bond acceptors (Lipinski definition) is 3. The number of nitrogens with zero attached hydrogens (tertiary/aromatic N) is 2. The highest BCUT2D eigenvalue weighted by molar-refractivity contribution is 5.53.